The first-order valence-corrected chi connectivity index (χ1v) is 11.1. The number of carbonyl (C=O) groups is 3. The molecular formula is C25H29N3O4. The topological polar surface area (TPSA) is 87.7 Å². The highest BCUT2D eigenvalue weighted by Gasteiger charge is 2.47. The number of nitrogens with one attached hydrogen (secondary N) is 2. The Balaban J connectivity index is 1.58. The summed E-state index contributed by atoms with van der Waals surface area (Å²) in [5.74, 6) is 0.326. The fourth-order valence-electron chi connectivity index (χ4n) is 5.01. The molecule has 1 heterocycles. The number of likely N-dealkylation sites (tertiary alicyclic amines) is 1. The van der Waals surface area contributed by atoms with Crippen molar-refractivity contribution in [2.24, 2.45) is 5.92 Å². The highest BCUT2D eigenvalue weighted by atomic mass is 16.5. The normalized spacial score (nSPS) is 22.1. The van der Waals surface area contributed by atoms with E-state index in [4.69, 9.17) is 4.74 Å². The molecule has 2 aromatic rings. The molecule has 2 N–H and O–H groups in total. The lowest BCUT2D eigenvalue weighted by Crippen LogP contribution is -2.47. The molecule has 7 nitrogen and oxygen atoms in total. The maximum absolute atomic E-state index is 13.4. The van der Waals surface area contributed by atoms with Crippen LogP contribution in [0.1, 0.15) is 49.4 Å². The van der Waals surface area contributed by atoms with E-state index in [2.05, 4.69) is 10.6 Å². The number of fused-ring (bicyclic) bond motifs is 1. The molecule has 1 aliphatic heterocycles. The van der Waals surface area contributed by atoms with Crippen LogP contribution in [0.25, 0.3) is 0 Å². The van der Waals surface area contributed by atoms with E-state index in [0.29, 0.717) is 35.0 Å². The predicted octanol–water partition coefficient (Wildman–Crippen LogP) is 4.07. The lowest BCUT2D eigenvalue weighted by atomic mass is 9.84. The van der Waals surface area contributed by atoms with Crippen molar-refractivity contribution in [2.45, 2.75) is 51.1 Å². The molecule has 0 spiro atoms. The van der Waals surface area contributed by atoms with Gasteiger partial charge in [0.25, 0.3) is 5.91 Å². The second kappa shape index (κ2) is 9.42. The smallest absolute Gasteiger partial charge is 0.254 e. The molecule has 2 aliphatic rings. The lowest BCUT2D eigenvalue weighted by Gasteiger charge is -2.33. The van der Waals surface area contributed by atoms with Crippen LogP contribution in [0.5, 0.6) is 5.75 Å². The van der Waals surface area contributed by atoms with Crippen LogP contribution in [0.2, 0.25) is 0 Å². The Morgan fingerprint density at radius 1 is 1.00 bits per heavy atom. The fourth-order valence-corrected chi connectivity index (χ4v) is 5.01. The number of nitrogens with zero attached hydrogens (tertiary/aromatic N) is 1. The molecule has 3 atom stereocenters. The van der Waals surface area contributed by atoms with Gasteiger partial charge in [-0.3, -0.25) is 14.4 Å². The number of methoxy groups -OCH3 is 1. The van der Waals surface area contributed by atoms with Crippen LogP contribution in [-0.2, 0) is 9.59 Å². The Hall–Kier alpha value is -3.35. The molecule has 32 heavy (non-hydrogen) atoms. The largest absolute Gasteiger partial charge is 0.495 e. The van der Waals surface area contributed by atoms with Crippen LogP contribution in [0.15, 0.2) is 48.5 Å². The molecular weight excluding hydrogens is 406 g/mol. The Bertz CT molecular complexity index is 1010. The number of anilines is 2. The van der Waals surface area contributed by atoms with E-state index < -0.39 is 6.04 Å². The summed E-state index contributed by atoms with van der Waals surface area (Å²) < 4.78 is 5.29. The zero-order valence-corrected chi connectivity index (χ0v) is 18.5. The highest BCUT2D eigenvalue weighted by molar-refractivity contribution is 6.02. The van der Waals surface area contributed by atoms with E-state index in [1.165, 1.54) is 14.0 Å². The molecule has 0 radical (unpaired) electrons. The van der Waals surface area contributed by atoms with Gasteiger partial charge >= 0.3 is 0 Å². The molecule has 0 aromatic heterocycles. The van der Waals surface area contributed by atoms with Gasteiger partial charge in [0.15, 0.2) is 0 Å². The number of rotatable bonds is 5. The van der Waals surface area contributed by atoms with E-state index >= 15 is 0 Å². The molecule has 1 saturated heterocycles. The SMILES string of the molecule is COc1ccc(NC(=O)C2CC3CCCCC3N2C(=O)c2ccccc2)cc1NC(C)=O. The van der Waals surface area contributed by atoms with Crippen molar-refractivity contribution in [1.29, 1.82) is 0 Å². The Labute approximate surface area is 188 Å². The van der Waals surface area contributed by atoms with Gasteiger partial charge in [-0.05, 0) is 55.5 Å². The van der Waals surface area contributed by atoms with Crippen molar-refractivity contribution in [3.05, 3.63) is 54.1 Å². The van der Waals surface area contributed by atoms with E-state index in [0.717, 1.165) is 25.7 Å². The van der Waals surface area contributed by atoms with Gasteiger partial charge in [-0.2, -0.15) is 0 Å². The monoisotopic (exact) mass is 435 g/mol. The van der Waals surface area contributed by atoms with Gasteiger partial charge in [0.2, 0.25) is 11.8 Å². The molecule has 7 heteroatoms. The second-order valence-corrected chi connectivity index (χ2v) is 8.53. The first-order chi connectivity index (χ1) is 15.5. The molecule has 2 aromatic carbocycles. The summed E-state index contributed by atoms with van der Waals surface area (Å²) in [6.07, 6.45) is 4.86. The third-order valence-corrected chi connectivity index (χ3v) is 6.42. The molecule has 168 valence electrons. The minimum absolute atomic E-state index is 0.0891. The Morgan fingerprint density at radius 2 is 1.75 bits per heavy atom. The summed E-state index contributed by atoms with van der Waals surface area (Å²) in [7, 11) is 1.52. The van der Waals surface area contributed by atoms with Crippen molar-refractivity contribution in [2.75, 3.05) is 17.7 Å². The van der Waals surface area contributed by atoms with Gasteiger partial charge in [0.1, 0.15) is 11.8 Å². The van der Waals surface area contributed by atoms with E-state index in [1.807, 2.05) is 23.1 Å². The summed E-state index contributed by atoms with van der Waals surface area (Å²) in [5, 5.41) is 5.67. The molecule has 2 fully saturated rings. The summed E-state index contributed by atoms with van der Waals surface area (Å²) in [6.45, 7) is 1.41. The minimum Gasteiger partial charge on any atom is -0.495 e. The van der Waals surface area contributed by atoms with Crippen molar-refractivity contribution in [1.82, 2.24) is 4.90 Å². The number of hydrogen-bond acceptors (Lipinski definition) is 4. The van der Waals surface area contributed by atoms with Gasteiger partial charge in [-0.15, -0.1) is 0 Å². The van der Waals surface area contributed by atoms with E-state index in [-0.39, 0.29) is 23.8 Å². The zero-order valence-electron chi connectivity index (χ0n) is 18.5. The first kappa shape index (κ1) is 21.9. The second-order valence-electron chi connectivity index (χ2n) is 8.53. The van der Waals surface area contributed by atoms with Crippen molar-refractivity contribution >= 4 is 29.1 Å². The van der Waals surface area contributed by atoms with E-state index in [9.17, 15) is 14.4 Å². The van der Waals surface area contributed by atoms with Crippen molar-refractivity contribution < 1.29 is 19.1 Å². The third-order valence-electron chi connectivity index (χ3n) is 6.42. The highest BCUT2D eigenvalue weighted by Crippen LogP contribution is 2.41. The molecule has 1 saturated carbocycles. The zero-order chi connectivity index (χ0) is 22.7. The number of benzene rings is 2. The standard InChI is InChI=1S/C25H29N3O4/c1-16(29)26-20-15-19(12-13-23(20)32-2)27-24(30)22-14-18-10-6-7-11-21(18)28(22)25(31)17-8-4-3-5-9-17/h3-5,8-9,12-13,15,18,21-22H,6-7,10-11,14H2,1-2H3,(H,26,29)(H,27,30). The van der Waals surface area contributed by atoms with Gasteiger partial charge in [0.05, 0.1) is 12.8 Å². The van der Waals surface area contributed by atoms with E-state index in [1.54, 1.807) is 30.3 Å². The molecule has 4 rings (SSSR count). The van der Waals surface area contributed by atoms with Crippen LogP contribution in [0.3, 0.4) is 0 Å². The first-order valence-electron chi connectivity index (χ1n) is 11.1. The Morgan fingerprint density at radius 3 is 2.47 bits per heavy atom. The fraction of sp³-hybridized carbons (Fsp3) is 0.400. The molecule has 3 unspecified atom stereocenters. The lowest BCUT2D eigenvalue weighted by molar-refractivity contribution is -0.120. The number of hydrogen-bond donors (Lipinski definition) is 2. The van der Waals surface area contributed by atoms with Gasteiger partial charge in [0, 0.05) is 24.2 Å². The average Bonchev–Trinajstić information content (AvgIpc) is 3.19. The van der Waals surface area contributed by atoms with Crippen molar-refractivity contribution in [3.8, 4) is 5.75 Å². The average molecular weight is 436 g/mol. The van der Waals surface area contributed by atoms with Crippen molar-refractivity contribution in [3.63, 3.8) is 0 Å². The maximum Gasteiger partial charge on any atom is 0.254 e. The quantitative estimate of drug-likeness (QED) is 0.741. The maximum atomic E-state index is 13.4. The third kappa shape index (κ3) is 4.47. The number of ether oxygens (including phenoxy) is 1. The summed E-state index contributed by atoms with van der Waals surface area (Å²) >= 11 is 0. The van der Waals surface area contributed by atoms with Gasteiger partial charge in [-0.1, -0.05) is 31.0 Å². The minimum atomic E-state index is -0.526. The van der Waals surface area contributed by atoms with Crippen LogP contribution in [-0.4, -0.2) is 41.8 Å². The van der Waals surface area contributed by atoms with Crippen LogP contribution < -0.4 is 15.4 Å². The van der Waals surface area contributed by atoms with Crippen LogP contribution in [0, 0.1) is 5.92 Å². The number of carbonyl (C=O) groups excluding carboxylic acids is 3. The summed E-state index contributed by atoms with van der Waals surface area (Å²) in [6, 6.07) is 13.8. The van der Waals surface area contributed by atoms with Gasteiger partial charge < -0.3 is 20.3 Å². The Kier molecular flexibility index (Phi) is 6.44. The van der Waals surface area contributed by atoms with Crippen LogP contribution >= 0.6 is 0 Å². The molecule has 0 bridgehead atoms. The number of amides is 3. The predicted molar refractivity (Wildman–Crippen MR) is 123 cm³/mol. The molecule has 1 aliphatic carbocycles. The molecule has 3 amide bonds. The summed E-state index contributed by atoms with van der Waals surface area (Å²) in [5.41, 5.74) is 1.63. The van der Waals surface area contributed by atoms with Crippen LogP contribution in [0.4, 0.5) is 11.4 Å². The van der Waals surface area contributed by atoms with Gasteiger partial charge in [-0.25, -0.2) is 0 Å². The summed E-state index contributed by atoms with van der Waals surface area (Å²) in [4.78, 5) is 40.1.